The highest BCUT2D eigenvalue weighted by Crippen LogP contribution is 2.19. The molecule has 0 saturated heterocycles. The minimum absolute atomic E-state index is 0.0703. The van der Waals surface area contributed by atoms with Gasteiger partial charge in [-0.25, -0.2) is 0 Å². The third-order valence-electron chi connectivity index (χ3n) is 2.99. The fraction of sp³-hybridized carbons (Fsp3) is 0.400. The van der Waals surface area contributed by atoms with Gasteiger partial charge in [0.25, 0.3) is 5.22 Å². The van der Waals surface area contributed by atoms with Crippen molar-refractivity contribution in [2.24, 2.45) is 0 Å². The highest BCUT2D eigenvalue weighted by atomic mass is 32.2. The van der Waals surface area contributed by atoms with Crippen molar-refractivity contribution in [1.29, 1.82) is 0 Å². The summed E-state index contributed by atoms with van der Waals surface area (Å²) in [5.41, 5.74) is 1.13. The first-order valence-electron chi connectivity index (χ1n) is 6.98. The Bertz CT molecular complexity index is 589. The Balaban J connectivity index is 1.86. The van der Waals surface area contributed by atoms with E-state index in [-0.39, 0.29) is 5.91 Å². The molecule has 0 radical (unpaired) electrons. The quantitative estimate of drug-likeness (QED) is 0.690. The first-order valence-corrected chi connectivity index (χ1v) is 9.36. The monoisotopic (exact) mass is 337 g/mol. The molecule has 0 spiro atoms. The molecule has 0 aliphatic carbocycles. The predicted molar refractivity (Wildman–Crippen MR) is 89.8 cm³/mol. The lowest BCUT2D eigenvalue weighted by Crippen LogP contribution is -2.31. The van der Waals surface area contributed by atoms with Gasteiger partial charge in [-0.2, -0.15) is 11.8 Å². The van der Waals surface area contributed by atoms with E-state index < -0.39 is 0 Å². The summed E-state index contributed by atoms with van der Waals surface area (Å²) in [5, 5.41) is 8.32. The second kappa shape index (κ2) is 8.85. The molecule has 0 fully saturated rings. The largest absolute Gasteiger partial charge is 0.415 e. The number of nitrogens with zero attached hydrogens (tertiary/aromatic N) is 3. The van der Waals surface area contributed by atoms with Gasteiger partial charge < -0.3 is 9.32 Å². The Labute approximate surface area is 138 Å². The average molecular weight is 337 g/mol. The Hall–Kier alpha value is -1.47. The molecule has 0 N–H and O–H groups in total. The molecule has 0 bridgehead atoms. The number of carbonyl (C=O) groups is 1. The molecule has 1 amide bonds. The zero-order valence-corrected chi connectivity index (χ0v) is 14.3. The lowest BCUT2D eigenvalue weighted by molar-refractivity contribution is -0.128. The molecule has 2 rings (SSSR count). The summed E-state index contributed by atoms with van der Waals surface area (Å²) >= 11 is 2.91. The Kier molecular flexibility index (Phi) is 6.79. The van der Waals surface area contributed by atoms with Crippen LogP contribution in [0.5, 0.6) is 0 Å². The Morgan fingerprint density at radius 2 is 2.05 bits per heavy atom. The van der Waals surface area contributed by atoms with Gasteiger partial charge in [0.1, 0.15) is 0 Å². The van der Waals surface area contributed by atoms with Crippen molar-refractivity contribution in [3.63, 3.8) is 0 Å². The van der Waals surface area contributed by atoms with Crippen molar-refractivity contribution in [2.75, 3.05) is 18.6 Å². The minimum atomic E-state index is 0.0703. The van der Waals surface area contributed by atoms with E-state index in [1.54, 1.807) is 11.8 Å². The standard InChI is InChI=1S/C15H19N3O2S2/c1-3-18(9-12-7-5-4-6-8-12)14(19)11-22-15-17-16-13(20-15)10-21-2/h4-8H,3,9-11H2,1-2H3. The maximum atomic E-state index is 12.3. The summed E-state index contributed by atoms with van der Waals surface area (Å²) < 4.78 is 5.46. The van der Waals surface area contributed by atoms with Crippen molar-refractivity contribution in [1.82, 2.24) is 15.1 Å². The van der Waals surface area contributed by atoms with Gasteiger partial charge in [-0.1, -0.05) is 42.1 Å². The van der Waals surface area contributed by atoms with E-state index in [4.69, 9.17) is 4.42 Å². The van der Waals surface area contributed by atoms with Crippen LogP contribution in [0, 0.1) is 0 Å². The molecule has 1 heterocycles. The van der Waals surface area contributed by atoms with Gasteiger partial charge in [-0.05, 0) is 18.7 Å². The fourth-order valence-electron chi connectivity index (χ4n) is 1.87. The van der Waals surface area contributed by atoms with Crippen LogP contribution in [0.15, 0.2) is 40.0 Å². The van der Waals surface area contributed by atoms with Gasteiger partial charge in [0.05, 0.1) is 11.5 Å². The van der Waals surface area contributed by atoms with Gasteiger partial charge in [-0.3, -0.25) is 4.79 Å². The number of amides is 1. The molecular weight excluding hydrogens is 318 g/mol. The van der Waals surface area contributed by atoms with Crippen LogP contribution in [0.25, 0.3) is 0 Å². The van der Waals surface area contributed by atoms with Crippen LogP contribution in [0.1, 0.15) is 18.4 Å². The first kappa shape index (κ1) is 16.9. The van der Waals surface area contributed by atoms with Crippen LogP contribution < -0.4 is 0 Å². The van der Waals surface area contributed by atoms with Crippen molar-refractivity contribution in [2.45, 2.75) is 24.4 Å². The highest BCUT2D eigenvalue weighted by molar-refractivity contribution is 7.99. The molecule has 0 unspecified atom stereocenters. The van der Waals surface area contributed by atoms with Crippen LogP contribution in [0.2, 0.25) is 0 Å². The molecule has 0 saturated carbocycles. The van der Waals surface area contributed by atoms with Gasteiger partial charge in [0.2, 0.25) is 11.8 Å². The summed E-state index contributed by atoms with van der Waals surface area (Å²) in [6.45, 7) is 3.28. The average Bonchev–Trinajstić information content (AvgIpc) is 2.99. The molecule has 7 heteroatoms. The van der Waals surface area contributed by atoms with Crippen molar-refractivity contribution in [3.8, 4) is 0 Å². The van der Waals surface area contributed by atoms with Crippen LogP contribution in [0.4, 0.5) is 0 Å². The number of rotatable bonds is 8. The van der Waals surface area contributed by atoms with Crippen molar-refractivity contribution in [3.05, 3.63) is 41.8 Å². The van der Waals surface area contributed by atoms with Crippen molar-refractivity contribution < 1.29 is 9.21 Å². The molecule has 118 valence electrons. The Morgan fingerprint density at radius 3 is 2.73 bits per heavy atom. The number of thioether (sulfide) groups is 2. The number of aromatic nitrogens is 2. The summed E-state index contributed by atoms with van der Waals surface area (Å²) in [5.74, 6) is 1.66. The molecule has 0 aliphatic rings. The number of benzene rings is 1. The van der Waals surface area contributed by atoms with E-state index in [0.717, 1.165) is 5.56 Å². The molecule has 1 aromatic heterocycles. The summed E-state index contributed by atoms with van der Waals surface area (Å²) in [6, 6.07) is 9.98. The van der Waals surface area contributed by atoms with Gasteiger partial charge >= 0.3 is 0 Å². The van der Waals surface area contributed by atoms with E-state index in [0.29, 0.717) is 35.7 Å². The SMILES string of the molecule is CCN(Cc1ccccc1)C(=O)CSc1nnc(CSC)o1. The van der Waals surface area contributed by atoms with Crippen LogP contribution in [-0.2, 0) is 17.1 Å². The van der Waals surface area contributed by atoms with Gasteiger partial charge in [0, 0.05) is 13.1 Å². The zero-order valence-electron chi connectivity index (χ0n) is 12.7. The lowest BCUT2D eigenvalue weighted by atomic mass is 10.2. The highest BCUT2D eigenvalue weighted by Gasteiger charge is 2.15. The number of carbonyl (C=O) groups excluding carboxylic acids is 1. The number of hydrogen-bond acceptors (Lipinski definition) is 6. The van der Waals surface area contributed by atoms with E-state index in [1.165, 1.54) is 11.8 Å². The van der Waals surface area contributed by atoms with Crippen LogP contribution in [0.3, 0.4) is 0 Å². The molecular formula is C15H19N3O2S2. The first-order chi connectivity index (χ1) is 10.7. The topological polar surface area (TPSA) is 59.2 Å². The van der Waals surface area contributed by atoms with Gasteiger partial charge in [0.15, 0.2) is 0 Å². The van der Waals surface area contributed by atoms with E-state index in [1.807, 2.05) is 48.4 Å². The smallest absolute Gasteiger partial charge is 0.277 e. The fourth-order valence-corrected chi connectivity index (χ4v) is 2.92. The molecule has 0 atom stereocenters. The number of hydrogen-bond donors (Lipinski definition) is 0. The minimum Gasteiger partial charge on any atom is -0.415 e. The summed E-state index contributed by atoms with van der Waals surface area (Å²) in [6.07, 6.45) is 1.98. The lowest BCUT2D eigenvalue weighted by Gasteiger charge is -2.20. The molecule has 0 aliphatic heterocycles. The maximum absolute atomic E-state index is 12.3. The van der Waals surface area contributed by atoms with Crippen LogP contribution >= 0.6 is 23.5 Å². The van der Waals surface area contributed by atoms with E-state index in [2.05, 4.69) is 10.2 Å². The zero-order chi connectivity index (χ0) is 15.8. The Morgan fingerprint density at radius 1 is 1.27 bits per heavy atom. The third kappa shape index (κ3) is 5.06. The molecule has 1 aromatic carbocycles. The second-order valence-electron chi connectivity index (χ2n) is 4.58. The predicted octanol–water partition coefficient (Wildman–Crippen LogP) is 3.07. The van der Waals surface area contributed by atoms with E-state index >= 15 is 0 Å². The molecule has 22 heavy (non-hydrogen) atoms. The summed E-state index contributed by atoms with van der Waals surface area (Å²) in [4.78, 5) is 14.1. The van der Waals surface area contributed by atoms with Crippen molar-refractivity contribution >= 4 is 29.4 Å². The maximum Gasteiger partial charge on any atom is 0.277 e. The normalized spacial score (nSPS) is 10.6. The molecule has 2 aromatic rings. The van der Waals surface area contributed by atoms with E-state index in [9.17, 15) is 4.79 Å². The second-order valence-corrected chi connectivity index (χ2v) is 6.37. The summed E-state index contributed by atoms with van der Waals surface area (Å²) in [7, 11) is 0. The third-order valence-corrected chi connectivity index (χ3v) is 4.32. The molecule has 5 nitrogen and oxygen atoms in total. The van der Waals surface area contributed by atoms with Gasteiger partial charge in [-0.15, -0.1) is 10.2 Å². The van der Waals surface area contributed by atoms with Crippen LogP contribution in [-0.4, -0.2) is 39.6 Å².